The lowest BCUT2D eigenvalue weighted by atomic mass is 10.1. The van der Waals surface area contributed by atoms with Crippen molar-refractivity contribution in [3.05, 3.63) is 47.0 Å². The molecule has 1 N–H and O–H groups in total. The Hall–Kier alpha value is -1.83. The second-order valence-electron chi connectivity index (χ2n) is 4.62. The van der Waals surface area contributed by atoms with Crippen LogP contribution < -0.4 is 5.32 Å². The number of hydrogen-bond donors (Lipinski definition) is 1. The molecule has 1 atom stereocenters. The van der Waals surface area contributed by atoms with Gasteiger partial charge >= 0.3 is 0 Å². The molecule has 3 rings (SSSR count). The minimum absolute atomic E-state index is 0.328. The van der Waals surface area contributed by atoms with Gasteiger partial charge in [0.05, 0.1) is 40.6 Å². The van der Waals surface area contributed by atoms with Crippen molar-refractivity contribution in [2.45, 2.75) is 18.9 Å². The molecule has 4 nitrogen and oxygen atoms in total. The van der Waals surface area contributed by atoms with Crippen LogP contribution in [0.5, 0.6) is 0 Å². The number of benzene rings is 1. The Kier molecular flexibility index (Phi) is 3.24. The predicted molar refractivity (Wildman–Crippen MR) is 73.3 cm³/mol. The molecule has 1 fully saturated rings. The first-order valence-electron chi connectivity index (χ1n) is 6.25. The van der Waals surface area contributed by atoms with E-state index in [4.69, 9.17) is 16.9 Å². The van der Waals surface area contributed by atoms with Gasteiger partial charge in [0.2, 0.25) is 0 Å². The standard InChI is InChI=1S/C14H13ClN4/c15-11-6-10(7-16)3-4-13(11)19-9-17-8-14(19)12-2-1-5-18-12/h3-4,6,8-9,12,18H,1-2,5H2. The summed E-state index contributed by atoms with van der Waals surface area (Å²) in [5.74, 6) is 0. The fourth-order valence-electron chi connectivity index (χ4n) is 2.47. The van der Waals surface area contributed by atoms with Gasteiger partial charge in [0.25, 0.3) is 0 Å². The number of nitriles is 1. The van der Waals surface area contributed by atoms with Crippen LogP contribution in [0.25, 0.3) is 5.69 Å². The molecule has 0 bridgehead atoms. The first-order chi connectivity index (χ1) is 9.29. The Bertz CT molecular complexity index is 635. The van der Waals surface area contributed by atoms with Crippen LogP contribution in [0.2, 0.25) is 5.02 Å². The fourth-order valence-corrected chi connectivity index (χ4v) is 2.74. The molecule has 0 spiro atoms. The maximum absolute atomic E-state index is 8.87. The molecular formula is C14H13ClN4. The van der Waals surface area contributed by atoms with Crippen LogP contribution in [-0.2, 0) is 0 Å². The van der Waals surface area contributed by atoms with Gasteiger partial charge in [-0.15, -0.1) is 0 Å². The summed E-state index contributed by atoms with van der Waals surface area (Å²) >= 11 is 6.26. The number of nitrogens with zero attached hydrogens (tertiary/aromatic N) is 3. The predicted octanol–water partition coefficient (Wildman–Crippen LogP) is 2.82. The van der Waals surface area contributed by atoms with E-state index >= 15 is 0 Å². The van der Waals surface area contributed by atoms with Crippen molar-refractivity contribution in [3.8, 4) is 11.8 Å². The van der Waals surface area contributed by atoms with Crippen LogP contribution in [0, 0.1) is 11.3 Å². The van der Waals surface area contributed by atoms with Gasteiger partial charge in [-0.1, -0.05) is 11.6 Å². The lowest BCUT2D eigenvalue weighted by Gasteiger charge is -2.15. The lowest BCUT2D eigenvalue weighted by molar-refractivity contribution is 0.615. The number of nitrogens with one attached hydrogen (secondary N) is 1. The van der Waals surface area contributed by atoms with Gasteiger partial charge in [0.1, 0.15) is 0 Å². The molecule has 1 saturated heterocycles. The maximum atomic E-state index is 8.87. The summed E-state index contributed by atoms with van der Waals surface area (Å²) in [5.41, 5.74) is 2.54. The van der Waals surface area contributed by atoms with Gasteiger partial charge in [-0.3, -0.25) is 0 Å². The van der Waals surface area contributed by atoms with Crippen molar-refractivity contribution >= 4 is 11.6 Å². The second-order valence-corrected chi connectivity index (χ2v) is 5.02. The van der Waals surface area contributed by atoms with Crippen molar-refractivity contribution < 1.29 is 0 Å². The summed E-state index contributed by atoms with van der Waals surface area (Å²) in [5, 5.41) is 12.9. The van der Waals surface area contributed by atoms with Gasteiger partial charge in [-0.2, -0.15) is 5.26 Å². The Balaban J connectivity index is 2.03. The molecule has 0 saturated carbocycles. The van der Waals surface area contributed by atoms with E-state index in [1.807, 2.05) is 16.8 Å². The van der Waals surface area contributed by atoms with Crippen LogP contribution in [0.1, 0.15) is 30.1 Å². The molecule has 1 aliphatic heterocycles. The topological polar surface area (TPSA) is 53.6 Å². The average Bonchev–Trinajstić information content (AvgIpc) is 3.08. The van der Waals surface area contributed by atoms with Crippen LogP contribution in [0.3, 0.4) is 0 Å². The fraction of sp³-hybridized carbons (Fsp3) is 0.286. The highest BCUT2D eigenvalue weighted by Crippen LogP contribution is 2.28. The largest absolute Gasteiger partial charge is 0.309 e. The minimum Gasteiger partial charge on any atom is -0.309 e. The molecule has 5 heteroatoms. The summed E-state index contributed by atoms with van der Waals surface area (Å²) in [7, 11) is 0. The average molecular weight is 273 g/mol. The van der Waals surface area contributed by atoms with Gasteiger partial charge in [-0.05, 0) is 37.6 Å². The van der Waals surface area contributed by atoms with Gasteiger partial charge in [-0.25, -0.2) is 4.98 Å². The summed E-state index contributed by atoms with van der Waals surface area (Å²) < 4.78 is 1.99. The molecule has 1 unspecified atom stereocenters. The van der Waals surface area contributed by atoms with E-state index in [-0.39, 0.29) is 0 Å². The third-order valence-electron chi connectivity index (χ3n) is 3.42. The van der Waals surface area contributed by atoms with E-state index < -0.39 is 0 Å². The zero-order chi connectivity index (χ0) is 13.2. The van der Waals surface area contributed by atoms with Crippen LogP contribution in [0.4, 0.5) is 0 Å². The van der Waals surface area contributed by atoms with E-state index in [1.165, 1.54) is 6.42 Å². The highest BCUT2D eigenvalue weighted by Gasteiger charge is 2.21. The van der Waals surface area contributed by atoms with E-state index in [1.54, 1.807) is 18.5 Å². The number of hydrogen-bond acceptors (Lipinski definition) is 3. The molecular weight excluding hydrogens is 260 g/mol. The van der Waals surface area contributed by atoms with Gasteiger partial charge < -0.3 is 9.88 Å². The molecule has 0 radical (unpaired) electrons. The van der Waals surface area contributed by atoms with Crippen molar-refractivity contribution in [1.82, 2.24) is 14.9 Å². The van der Waals surface area contributed by atoms with E-state index in [0.717, 1.165) is 24.3 Å². The number of imidazole rings is 1. The number of halogens is 1. The van der Waals surface area contributed by atoms with E-state index in [2.05, 4.69) is 16.4 Å². The molecule has 1 aliphatic rings. The van der Waals surface area contributed by atoms with Crippen LogP contribution in [0.15, 0.2) is 30.7 Å². The van der Waals surface area contributed by atoms with Crippen molar-refractivity contribution in [3.63, 3.8) is 0 Å². The third kappa shape index (κ3) is 2.23. The molecule has 19 heavy (non-hydrogen) atoms. The maximum Gasteiger partial charge on any atom is 0.0995 e. The molecule has 2 heterocycles. The lowest BCUT2D eigenvalue weighted by Crippen LogP contribution is -2.16. The Morgan fingerprint density at radius 3 is 3.05 bits per heavy atom. The zero-order valence-corrected chi connectivity index (χ0v) is 11.1. The van der Waals surface area contributed by atoms with E-state index in [9.17, 15) is 0 Å². The molecule has 2 aromatic rings. The van der Waals surface area contributed by atoms with Crippen molar-refractivity contribution in [1.29, 1.82) is 5.26 Å². The molecule has 0 aliphatic carbocycles. The summed E-state index contributed by atoms with van der Waals surface area (Å²) in [6.45, 7) is 1.04. The first kappa shape index (κ1) is 12.2. The summed E-state index contributed by atoms with van der Waals surface area (Å²) in [6.07, 6.45) is 5.93. The quantitative estimate of drug-likeness (QED) is 0.915. The Morgan fingerprint density at radius 1 is 1.47 bits per heavy atom. The van der Waals surface area contributed by atoms with Crippen LogP contribution >= 0.6 is 11.6 Å². The highest BCUT2D eigenvalue weighted by molar-refractivity contribution is 6.32. The summed E-state index contributed by atoms with van der Waals surface area (Å²) in [6, 6.07) is 7.73. The van der Waals surface area contributed by atoms with Crippen LogP contribution in [-0.4, -0.2) is 16.1 Å². The normalized spacial score (nSPS) is 18.4. The van der Waals surface area contributed by atoms with Gasteiger partial charge in [0, 0.05) is 6.04 Å². The third-order valence-corrected chi connectivity index (χ3v) is 3.72. The summed E-state index contributed by atoms with van der Waals surface area (Å²) in [4.78, 5) is 4.23. The Morgan fingerprint density at radius 2 is 2.37 bits per heavy atom. The number of aromatic nitrogens is 2. The Labute approximate surface area is 116 Å². The smallest absolute Gasteiger partial charge is 0.0995 e. The molecule has 1 aromatic carbocycles. The van der Waals surface area contributed by atoms with Crippen molar-refractivity contribution in [2.24, 2.45) is 0 Å². The van der Waals surface area contributed by atoms with Gasteiger partial charge in [0.15, 0.2) is 0 Å². The minimum atomic E-state index is 0.328. The highest BCUT2D eigenvalue weighted by atomic mass is 35.5. The second kappa shape index (κ2) is 5.04. The zero-order valence-electron chi connectivity index (χ0n) is 10.3. The molecule has 1 aromatic heterocycles. The van der Waals surface area contributed by atoms with Crippen molar-refractivity contribution in [2.75, 3.05) is 6.54 Å². The molecule has 0 amide bonds. The monoisotopic (exact) mass is 272 g/mol. The SMILES string of the molecule is N#Cc1ccc(-n2cncc2C2CCCN2)c(Cl)c1. The molecule has 96 valence electrons. The first-order valence-corrected chi connectivity index (χ1v) is 6.63. The number of rotatable bonds is 2. The van der Waals surface area contributed by atoms with E-state index in [0.29, 0.717) is 16.6 Å².